The minimum Gasteiger partial charge on any atom is -0.378 e. The van der Waals surface area contributed by atoms with Crippen molar-refractivity contribution in [2.24, 2.45) is 0 Å². The SMILES string of the molecule is Cc1ccc([C@H](C)NC2CCOC3(CCOC3)C2)cc1. The van der Waals surface area contributed by atoms with E-state index in [1.807, 2.05) is 0 Å². The molecule has 20 heavy (non-hydrogen) atoms. The molecule has 3 nitrogen and oxygen atoms in total. The van der Waals surface area contributed by atoms with Gasteiger partial charge in [-0.1, -0.05) is 29.8 Å². The van der Waals surface area contributed by atoms with Crippen LogP contribution in [0.5, 0.6) is 0 Å². The number of nitrogens with one attached hydrogen (secondary N) is 1. The van der Waals surface area contributed by atoms with Crippen molar-refractivity contribution in [3.63, 3.8) is 0 Å². The van der Waals surface area contributed by atoms with Crippen molar-refractivity contribution < 1.29 is 9.47 Å². The van der Waals surface area contributed by atoms with Crippen molar-refractivity contribution in [3.05, 3.63) is 35.4 Å². The molecule has 2 heterocycles. The van der Waals surface area contributed by atoms with Gasteiger partial charge < -0.3 is 14.8 Å². The number of benzene rings is 1. The van der Waals surface area contributed by atoms with E-state index in [0.717, 1.165) is 39.1 Å². The highest BCUT2D eigenvalue weighted by Crippen LogP contribution is 2.33. The minimum atomic E-state index is -0.0110. The molecule has 1 N–H and O–H groups in total. The van der Waals surface area contributed by atoms with Crippen LogP contribution in [0.3, 0.4) is 0 Å². The van der Waals surface area contributed by atoms with E-state index in [0.29, 0.717) is 12.1 Å². The molecule has 0 bridgehead atoms. The maximum absolute atomic E-state index is 5.99. The standard InChI is InChI=1S/C17H25NO2/c1-13-3-5-15(6-4-13)14(2)18-16-7-9-20-17(11-16)8-10-19-12-17/h3-6,14,16,18H,7-12H2,1-2H3/t14-,16?,17?/m0/s1. The first-order chi connectivity index (χ1) is 9.67. The Bertz CT molecular complexity index is 437. The summed E-state index contributed by atoms with van der Waals surface area (Å²) >= 11 is 0. The van der Waals surface area contributed by atoms with Gasteiger partial charge in [0.15, 0.2) is 0 Å². The predicted molar refractivity (Wildman–Crippen MR) is 79.9 cm³/mol. The first-order valence-corrected chi connectivity index (χ1v) is 7.71. The molecule has 0 amide bonds. The first-order valence-electron chi connectivity index (χ1n) is 7.71. The van der Waals surface area contributed by atoms with Crippen LogP contribution < -0.4 is 5.32 Å². The van der Waals surface area contributed by atoms with E-state index in [4.69, 9.17) is 9.47 Å². The molecule has 2 unspecified atom stereocenters. The fourth-order valence-electron chi connectivity index (χ4n) is 3.34. The van der Waals surface area contributed by atoms with Gasteiger partial charge in [0.25, 0.3) is 0 Å². The maximum atomic E-state index is 5.99. The maximum Gasteiger partial charge on any atom is 0.0951 e. The minimum absolute atomic E-state index is 0.0110. The molecule has 1 spiro atoms. The third-order valence-electron chi connectivity index (χ3n) is 4.62. The van der Waals surface area contributed by atoms with Gasteiger partial charge in [0.2, 0.25) is 0 Å². The smallest absolute Gasteiger partial charge is 0.0951 e. The molecule has 1 aromatic rings. The lowest BCUT2D eigenvalue weighted by molar-refractivity contribution is -0.0902. The molecule has 0 saturated carbocycles. The molecule has 2 fully saturated rings. The summed E-state index contributed by atoms with van der Waals surface area (Å²) in [6.07, 6.45) is 3.21. The summed E-state index contributed by atoms with van der Waals surface area (Å²) in [5.74, 6) is 0. The lowest BCUT2D eigenvalue weighted by Gasteiger charge is -2.38. The van der Waals surface area contributed by atoms with E-state index in [1.165, 1.54) is 11.1 Å². The van der Waals surface area contributed by atoms with E-state index >= 15 is 0 Å². The topological polar surface area (TPSA) is 30.5 Å². The lowest BCUT2D eigenvalue weighted by atomic mass is 9.89. The van der Waals surface area contributed by atoms with Crippen molar-refractivity contribution in [2.45, 2.75) is 50.8 Å². The number of hydrogen-bond acceptors (Lipinski definition) is 3. The van der Waals surface area contributed by atoms with Crippen LogP contribution in [0, 0.1) is 6.92 Å². The average Bonchev–Trinajstić information content (AvgIpc) is 2.87. The summed E-state index contributed by atoms with van der Waals surface area (Å²) < 4.78 is 11.5. The third kappa shape index (κ3) is 3.05. The van der Waals surface area contributed by atoms with Crippen LogP contribution >= 0.6 is 0 Å². The Morgan fingerprint density at radius 1 is 1.25 bits per heavy atom. The summed E-state index contributed by atoms with van der Waals surface area (Å²) in [6.45, 7) is 6.84. The highest BCUT2D eigenvalue weighted by molar-refractivity contribution is 5.23. The van der Waals surface area contributed by atoms with E-state index < -0.39 is 0 Å². The summed E-state index contributed by atoms with van der Waals surface area (Å²) in [5.41, 5.74) is 2.66. The molecule has 2 aliphatic heterocycles. The van der Waals surface area contributed by atoms with Crippen molar-refractivity contribution >= 4 is 0 Å². The van der Waals surface area contributed by atoms with Gasteiger partial charge >= 0.3 is 0 Å². The van der Waals surface area contributed by atoms with Gasteiger partial charge in [0.05, 0.1) is 12.2 Å². The molecule has 3 atom stereocenters. The molecule has 110 valence electrons. The molecular weight excluding hydrogens is 250 g/mol. The zero-order valence-corrected chi connectivity index (χ0v) is 12.5. The van der Waals surface area contributed by atoms with Gasteiger partial charge in [-0.15, -0.1) is 0 Å². The van der Waals surface area contributed by atoms with Crippen molar-refractivity contribution in [3.8, 4) is 0 Å². The van der Waals surface area contributed by atoms with Gasteiger partial charge in [-0.25, -0.2) is 0 Å². The Hall–Kier alpha value is -0.900. The van der Waals surface area contributed by atoms with E-state index in [1.54, 1.807) is 0 Å². The Morgan fingerprint density at radius 2 is 2.05 bits per heavy atom. The van der Waals surface area contributed by atoms with Gasteiger partial charge in [-0.2, -0.15) is 0 Å². The molecule has 1 aromatic carbocycles. The monoisotopic (exact) mass is 275 g/mol. The Kier molecular flexibility index (Phi) is 4.11. The number of ether oxygens (including phenoxy) is 2. The number of rotatable bonds is 3. The quantitative estimate of drug-likeness (QED) is 0.920. The second-order valence-corrected chi connectivity index (χ2v) is 6.32. The van der Waals surface area contributed by atoms with E-state index in [9.17, 15) is 0 Å². The highest BCUT2D eigenvalue weighted by atomic mass is 16.6. The number of hydrogen-bond donors (Lipinski definition) is 1. The van der Waals surface area contributed by atoms with Gasteiger partial charge in [0, 0.05) is 31.7 Å². The highest BCUT2D eigenvalue weighted by Gasteiger charge is 2.41. The lowest BCUT2D eigenvalue weighted by Crippen LogP contribution is -2.48. The van der Waals surface area contributed by atoms with Crippen LogP contribution in [-0.4, -0.2) is 31.5 Å². The fourth-order valence-corrected chi connectivity index (χ4v) is 3.34. The van der Waals surface area contributed by atoms with Gasteiger partial charge in [0.1, 0.15) is 0 Å². The number of aryl methyl sites for hydroxylation is 1. The summed E-state index contributed by atoms with van der Waals surface area (Å²) in [7, 11) is 0. The van der Waals surface area contributed by atoms with Crippen LogP contribution in [0.25, 0.3) is 0 Å². The third-order valence-corrected chi connectivity index (χ3v) is 4.62. The predicted octanol–water partition coefficient (Wildman–Crippen LogP) is 2.98. The van der Waals surface area contributed by atoms with Crippen LogP contribution in [0.15, 0.2) is 24.3 Å². The van der Waals surface area contributed by atoms with Gasteiger partial charge in [-0.3, -0.25) is 0 Å². The molecule has 3 heteroatoms. The Balaban J connectivity index is 1.60. The van der Waals surface area contributed by atoms with Crippen LogP contribution in [0.4, 0.5) is 0 Å². The average molecular weight is 275 g/mol. The molecule has 3 rings (SSSR count). The van der Waals surface area contributed by atoms with Crippen molar-refractivity contribution in [2.75, 3.05) is 19.8 Å². The van der Waals surface area contributed by atoms with Crippen LogP contribution in [0.2, 0.25) is 0 Å². The molecule has 0 aliphatic carbocycles. The zero-order valence-electron chi connectivity index (χ0n) is 12.5. The van der Waals surface area contributed by atoms with Crippen LogP contribution in [-0.2, 0) is 9.47 Å². The Morgan fingerprint density at radius 3 is 2.75 bits per heavy atom. The molecule has 2 aliphatic rings. The van der Waals surface area contributed by atoms with E-state index in [2.05, 4.69) is 43.4 Å². The fraction of sp³-hybridized carbons (Fsp3) is 0.647. The summed E-state index contributed by atoms with van der Waals surface area (Å²) in [6, 6.07) is 9.73. The Labute approximate surface area is 121 Å². The van der Waals surface area contributed by atoms with E-state index in [-0.39, 0.29) is 5.60 Å². The molecule has 0 aromatic heterocycles. The van der Waals surface area contributed by atoms with Gasteiger partial charge in [-0.05, 0) is 32.3 Å². The van der Waals surface area contributed by atoms with Crippen molar-refractivity contribution in [1.29, 1.82) is 0 Å². The summed E-state index contributed by atoms with van der Waals surface area (Å²) in [5, 5.41) is 3.77. The molecule has 0 radical (unpaired) electrons. The summed E-state index contributed by atoms with van der Waals surface area (Å²) in [4.78, 5) is 0. The second kappa shape index (κ2) is 5.84. The molecule has 2 saturated heterocycles. The first kappa shape index (κ1) is 14.1. The zero-order chi connectivity index (χ0) is 14.0. The van der Waals surface area contributed by atoms with Crippen LogP contribution in [0.1, 0.15) is 43.4 Å². The second-order valence-electron chi connectivity index (χ2n) is 6.32. The largest absolute Gasteiger partial charge is 0.378 e. The van der Waals surface area contributed by atoms with Crippen molar-refractivity contribution in [1.82, 2.24) is 5.32 Å². The molecular formula is C17H25NO2. The normalized spacial score (nSPS) is 31.6.